The molecule has 0 saturated carbocycles. The molecule has 0 bridgehead atoms. The second kappa shape index (κ2) is 4.83. The quantitative estimate of drug-likeness (QED) is 0.746. The molecular formula is C10H15ClN6O. The van der Waals surface area contributed by atoms with Crippen molar-refractivity contribution in [2.45, 2.75) is 6.04 Å². The summed E-state index contributed by atoms with van der Waals surface area (Å²) in [5.74, 6) is 0.770. The standard InChI is InChI=1S/C10H15ClN6O/c11-8-9(12)13-10(15-14-8)17-2-1-16-3-4-18-6-7(16)5-17/h7H,1-6H2,(H2,12,13,15)/t7-/m0/s1. The van der Waals surface area contributed by atoms with Crippen molar-refractivity contribution in [2.75, 3.05) is 50.0 Å². The summed E-state index contributed by atoms with van der Waals surface area (Å²) in [5, 5.41) is 7.94. The molecular weight excluding hydrogens is 256 g/mol. The molecule has 2 aliphatic heterocycles. The van der Waals surface area contributed by atoms with E-state index < -0.39 is 0 Å². The second-order valence-corrected chi connectivity index (χ2v) is 4.86. The predicted octanol–water partition coefficient (Wildman–Crippen LogP) is -0.372. The Kier molecular flexibility index (Phi) is 3.19. The molecule has 2 fully saturated rings. The lowest BCUT2D eigenvalue weighted by atomic mass is 10.1. The number of fused-ring (bicyclic) bond motifs is 1. The van der Waals surface area contributed by atoms with E-state index in [1.165, 1.54) is 0 Å². The van der Waals surface area contributed by atoms with E-state index in [1.54, 1.807) is 0 Å². The Hall–Kier alpha value is -1.18. The minimum absolute atomic E-state index is 0.151. The average molecular weight is 271 g/mol. The monoisotopic (exact) mass is 270 g/mol. The van der Waals surface area contributed by atoms with Gasteiger partial charge in [-0.2, -0.15) is 4.98 Å². The topological polar surface area (TPSA) is 80.4 Å². The molecule has 8 heteroatoms. The number of nitrogens with two attached hydrogens (primary N) is 1. The molecule has 2 aliphatic rings. The largest absolute Gasteiger partial charge is 0.381 e. The fourth-order valence-electron chi connectivity index (χ4n) is 2.38. The van der Waals surface area contributed by atoms with Crippen LogP contribution in [0.5, 0.6) is 0 Å². The molecule has 2 N–H and O–H groups in total. The molecule has 0 spiro atoms. The summed E-state index contributed by atoms with van der Waals surface area (Å²) in [6.45, 7) is 5.28. The van der Waals surface area contributed by atoms with Gasteiger partial charge in [0.05, 0.1) is 19.3 Å². The number of piperazine rings is 1. The Morgan fingerprint density at radius 2 is 2.17 bits per heavy atom. The van der Waals surface area contributed by atoms with Gasteiger partial charge in [-0.15, -0.1) is 10.2 Å². The number of hydrogen-bond acceptors (Lipinski definition) is 7. The third-order valence-electron chi connectivity index (χ3n) is 3.38. The number of ether oxygens (including phenoxy) is 1. The van der Waals surface area contributed by atoms with Crippen LogP contribution in [0.4, 0.5) is 11.8 Å². The summed E-state index contributed by atoms with van der Waals surface area (Å²) in [6.07, 6.45) is 0. The van der Waals surface area contributed by atoms with Gasteiger partial charge in [0, 0.05) is 26.2 Å². The molecule has 0 radical (unpaired) electrons. The van der Waals surface area contributed by atoms with E-state index in [9.17, 15) is 0 Å². The first-order chi connectivity index (χ1) is 8.74. The minimum atomic E-state index is 0.151. The van der Waals surface area contributed by atoms with Gasteiger partial charge in [0.25, 0.3) is 0 Å². The Bertz CT molecular complexity index is 444. The lowest BCUT2D eigenvalue weighted by molar-refractivity contribution is -0.0119. The fourth-order valence-corrected chi connectivity index (χ4v) is 2.46. The Balaban J connectivity index is 1.75. The van der Waals surface area contributed by atoms with Gasteiger partial charge in [-0.3, -0.25) is 4.90 Å². The summed E-state index contributed by atoms with van der Waals surface area (Å²) >= 11 is 5.72. The highest BCUT2D eigenvalue weighted by Crippen LogP contribution is 2.19. The molecule has 1 aromatic rings. The van der Waals surface area contributed by atoms with E-state index in [4.69, 9.17) is 22.1 Å². The van der Waals surface area contributed by atoms with Gasteiger partial charge in [0.2, 0.25) is 5.95 Å². The fraction of sp³-hybridized carbons (Fsp3) is 0.700. The SMILES string of the molecule is Nc1nc(N2CCN3CCOC[C@@H]3C2)nnc1Cl. The van der Waals surface area contributed by atoms with E-state index >= 15 is 0 Å². The lowest BCUT2D eigenvalue weighted by Crippen LogP contribution is -2.58. The normalized spacial score (nSPS) is 24.9. The predicted molar refractivity (Wildman–Crippen MR) is 67.6 cm³/mol. The van der Waals surface area contributed by atoms with E-state index in [-0.39, 0.29) is 11.0 Å². The van der Waals surface area contributed by atoms with Crippen molar-refractivity contribution in [2.24, 2.45) is 0 Å². The highest BCUT2D eigenvalue weighted by molar-refractivity contribution is 6.31. The van der Waals surface area contributed by atoms with Gasteiger partial charge in [0.1, 0.15) is 0 Å². The summed E-state index contributed by atoms with van der Waals surface area (Å²) in [5.41, 5.74) is 5.65. The molecule has 3 heterocycles. The maximum absolute atomic E-state index is 5.72. The molecule has 0 unspecified atom stereocenters. The molecule has 1 atom stereocenters. The van der Waals surface area contributed by atoms with E-state index in [1.807, 2.05) is 0 Å². The lowest BCUT2D eigenvalue weighted by Gasteiger charge is -2.43. The zero-order valence-corrected chi connectivity index (χ0v) is 10.7. The molecule has 7 nitrogen and oxygen atoms in total. The van der Waals surface area contributed by atoms with Crippen LogP contribution in [-0.2, 0) is 4.74 Å². The summed E-state index contributed by atoms with van der Waals surface area (Å²) in [7, 11) is 0. The van der Waals surface area contributed by atoms with Crippen molar-refractivity contribution in [3.8, 4) is 0 Å². The molecule has 2 saturated heterocycles. The van der Waals surface area contributed by atoms with Crippen molar-refractivity contribution in [3.05, 3.63) is 5.15 Å². The van der Waals surface area contributed by atoms with Crippen molar-refractivity contribution < 1.29 is 4.74 Å². The van der Waals surface area contributed by atoms with Crippen molar-refractivity contribution >= 4 is 23.4 Å². The first-order valence-electron chi connectivity index (χ1n) is 5.96. The Morgan fingerprint density at radius 1 is 1.28 bits per heavy atom. The molecule has 18 heavy (non-hydrogen) atoms. The Morgan fingerprint density at radius 3 is 3.00 bits per heavy atom. The molecule has 98 valence electrons. The zero-order valence-electron chi connectivity index (χ0n) is 9.92. The van der Waals surface area contributed by atoms with Crippen LogP contribution in [-0.4, -0.2) is 65.5 Å². The third-order valence-corrected chi connectivity index (χ3v) is 3.65. The maximum atomic E-state index is 5.72. The van der Waals surface area contributed by atoms with Gasteiger partial charge in [0.15, 0.2) is 11.0 Å². The molecule has 1 aromatic heterocycles. The smallest absolute Gasteiger partial charge is 0.247 e. The van der Waals surface area contributed by atoms with Gasteiger partial charge < -0.3 is 15.4 Å². The number of hydrogen-bond donors (Lipinski definition) is 1. The number of nitrogens with zero attached hydrogens (tertiary/aromatic N) is 5. The minimum Gasteiger partial charge on any atom is -0.381 e. The zero-order chi connectivity index (χ0) is 12.5. The number of morpholine rings is 1. The summed E-state index contributed by atoms with van der Waals surface area (Å²) < 4.78 is 5.50. The molecule has 0 amide bonds. The van der Waals surface area contributed by atoms with Crippen molar-refractivity contribution in [1.82, 2.24) is 20.1 Å². The molecule has 0 aliphatic carbocycles. The van der Waals surface area contributed by atoms with Crippen LogP contribution in [0.1, 0.15) is 0 Å². The van der Waals surface area contributed by atoms with Gasteiger partial charge in [-0.05, 0) is 0 Å². The highest BCUT2D eigenvalue weighted by atomic mass is 35.5. The van der Waals surface area contributed by atoms with Gasteiger partial charge in [-0.1, -0.05) is 11.6 Å². The van der Waals surface area contributed by atoms with E-state index in [2.05, 4.69) is 25.0 Å². The number of rotatable bonds is 1. The first kappa shape index (κ1) is 11.9. The number of halogens is 1. The highest BCUT2D eigenvalue weighted by Gasteiger charge is 2.30. The molecule has 0 aromatic carbocycles. The third kappa shape index (κ3) is 2.21. The Labute approximate surface area is 110 Å². The molecule has 3 rings (SSSR count). The number of anilines is 2. The first-order valence-corrected chi connectivity index (χ1v) is 6.34. The van der Waals surface area contributed by atoms with Crippen molar-refractivity contribution in [1.29, 1.82) is 0 Å². The van der Waals surface area contributed by atoms with Crippen LogP contribution >= 0.6 is 11.6 Å². The maximum Gasteiger partial charge on any atom is 0.247 e. The van der Waals surface area contributed by atoms with Gasteiger partial charge in [-0.25, -0.2) is 0 Å². The summed E-state index contributed by atoms with van der Waals surface area (Å²) in [6, 6.07) is 0.396. The summed E-state index contributed by atoms with van der Waals surface area (Å²) in [4.78, 5) is 8.69. The van der Waals surface area contributed by atoms with Crippen LogP contribution in [0.25, 0.3) is 0 Å². The van der Waals surface area contributed by atoms with E-state index in [0.717, 1.165) is 39.4 Å². The van der Waals surface area contributed by atoms with Gasteiger partial charge >= 0.3 is 0 Å². The van der Waals surface area contributed by atoms with Crippen LogP contribution in [0.3, 0.4) is 0 Å². The number of nitrogen functional groups attached to an aromatic ring is 1. The van der Waals surface area contributed by atoms with Crippen LogP contribution in [0.2, 0.25) is 5.15 Å². The van der Waals surface area contributed by atoms with Crippen LogP contribution in [0.15, 0.2) is 0 Å². The number of aromatic nitrogens is 3. The average Bonchev–Trinajstić information content (AvgIpc) is 2.41. The van der Waals surface area contributed by atoms with Crippen molar-refractivity contribution in [3.63, 3.8) is 0 Å². The van der Waals surface area contributed by atoms with Crippen LogP contribution in [0, 0.1) is 0 Å². The van der Waals surface area contributed by atoms with E-state index in [0.29, 0.717) is 12.0 Å². The van der Waals surface area contributed by atoms with Crippen LogP contribution < -0.4 is 10.6 Å². The second-order valence-electron chi connectivity index (χ2n) is 4.50.